The Morgan fingerprint density at radius 3 is 2.38 bits per heavy atom. The van der Waals surface area contributed by atoms with Gasteiger partial charge in [-0.2, -0.15) is 0 Å². The maximum atomic E-state index is 8.18. The van der Waals surface area contributed by atoms with Gasteiger partial charge in [-0.25, -0.2) is 0 Å². The van der Waals surface area contributed by atoms with Crippen LogP contribution in [0, 0.1) is 0 Å². The van der Waals surface area contributed by atoms with Crippen molar-refractivity contribution in [3.63, 3.8) is 0 Å². The Bertz CT molecular complexity index is 70.3. The van der Waals surface area contributed by atoms with E-state index in [2.05, 4.69) is 12.2 Å². The summed E-state index contributed by atoms with van der Waals surface area (Å²) in [6, 6.07) is 0. The third-order valence-corrected chi connectivity index (χ3v) is 1.36. The molecule has 2 nitrogen and oxygen atoms in total. The Morgan fingerprint density at radius 1 is 1.75 bits per heavy atom. The molecule has 0 atom stereocenters. The van der Waals surface area contributed by atoms with Crippen LogP contribution in [0.2, 0.25) is 0 Å². The van der Waals surface area contributed by atoms with Crippen LogP contribution >= 0.6 is 24.0 Å². The first-order chi connectivity index (χ1) is 3.27. The molecular formula is C3H8NNaOS2. The molecule has 0 aliphatic rings. The minimum absolute atomic E-state index is 0. The van der Waals surface area contributed by atoms with Gasteiger partial charge in [0.15, 0.2) is 0 Å². The van der Waals surface area contributed by atoms with E-state index in [1.807, 2.05) is 0 Å². The zero-order valence-corrected chi connectivity index (χ0v) is 5.39. The summed E-state index contributed by atoms with van der Waals surface area (Å²) in [7, 11) is 0. The molecule has 0 saturated carbocycles. The molecular weight excluding hydrogens is 153 g/mol. The molecule has 0 aliphatic heterocycles. The van der Waals surface area contributed by atoms with Crippen molar-refractivity contribution in [2.45, 2.75) is 0 Å². The normalized spacial score (nSPS) is 7.62. The van der Waals surface area contributed by atoms with E-state index in [4.69, 9.17) is 10.8 Å². The fraction of sp³-hybridized carbons (Fsp3) is 0.667. The zero-order valence-electron chi connectivity index (χ0n) is 3.76. The third-order valence-electron chi connectivity index (χ3n) is 0.336. The van der Waals surface area contributed by atoms with E-state index in [9.17, 15) is 0 Å². The van der Waals surface area contributed by atoms with Crippen molar-refractivity contribution in [3.8, 4) is 0 Å². The van der Waals surface area contributed by atoms with Crippen LogP contribution in [-0.2, 0) is 0 Å². The van der Waals surface area contributed by atoms with Crippen LogP contribution in [0.5, 0.6) is 0 Å². The van der Waals surface area contributed by atoms with Gasteiger partial charge in [0.1, 0.15) is 4.32 Å². The monoisotopic (exact) mass is 161 g/mol. The molecule has 44 valence electrons. The van der Waals surface area contributed by atoms with Gasteiger partial charge in [0.25, 0.3) is 0 Å². The van der Waals surface area contributed by atoms with Gasteiger partial charge in [-0.15, -0.1) is 0 Å². The first-order valence-electron chi connectivity index (χ1n) is 1.80. The Kier molecular flexibility index (Phi) is 12.2. The van der Waals surface area contributed by atoms with Crippen LogP contribution in [0.15, 0.2) is 0 Å². The maximum absolute atomic E-state index is 8.18. The molecule has 0 aromatic heterocycles. The first-order valence-corrected chi connectivity index (χ1v) is 3.20. The van der Waals surface area contributed by atoms with E-state index < -0.39 is 0 Å². The van der Waals surface area contributed by atoms with E-state index in [1.165, 1.54) is 11.8 Å². The van der Waals surface area contributed by atoms with Crippen molar-refractivity contribution in [3.05, 3.63) is 0 Å². The van der Waals surface area contributed by atoms with Gasteiger partial charge in [-0.3, -0.25) is 0 Å². The van der Waals surface area contributed by atoms with Crippen LogP contribution in [0.4, 0.5) is 0 Å². The van der Waals surface area contributed by atoms with Crippen molar-refractivity contribution in [2.75, 3.05) is 12.4 Å². The number of aliphatic hydroxyl groups is 1. The van der Waals surface area contributed by atoms with Crippen molar-refractivity contribution in [2.24, 2.45) is 5.73 Å². The second-order valence-electron chi connectivity index (χ2n) is 0.891. The summed E-state index contributed by atoms with van der Waals surface area (Å²) in [6.07, 6.45) is 0. The molecule has 8 heavy (non-hydrogen) atoms. The molecule has 0 amide bonds. The molecule has 5 heteroatoms. The molecule has 0 aromatic carbocycles. The molecule has 0 aliphatic carbocycles. The van der Waals surface area contributed by atoms with Gasteiger partial charge < -0.3 is 10.8 Å². The van der Waals surface area contributed by atoms with Gasteiger partial charge >= 0.3 is 29.6 Å². The molecule has 0 aromatic rings. The van der Waals surface area contributed by atoms with Crippen LogP contribution in [0.3, 0.4) is 0 Å². The van der Waals surface area contributed by atoms with E-state index >= 15 is 0 Å². The molecule has 0 radical (unpaired) electrons. The summed E-state index contributed by atoms with van der Waals surface area (Å²) in [5, 5.41) is 8.18. The number of thiocarbonyl (C=S) groups is 1. The quantitative estimate of drug-likeness (QED) is 0.415. The summed E-state index contributed by atoms with van der Waals surface area (Å²) in [4.78, 5) is 0. The third kappa shape index (κ3) is 10.2. The van der Waals surface area contributed by atoms with Crippen LogP contribution in [0.25, 0.3) is 0 Å². The average molecular weight is 161 g/mol. The Balaban J connectivity index is 0. The number of hydrogen-bond acceptors (Lipinski definition) is 3. The zero-order chi connectivity index (χ0) is 5.70. The fourth-order valence-electron chi connectivity index (χ4n) is 0.146. The van der Waals surface area contributed by atoms with Crippen LogP contribution in [-0.4, -0.2) is 51.3 Å². The van der Waals surface area contributed by atoms with Crippen LogP contribution < -0.4 is 5.73 Å². The SMILES string of the molecule is NC(=S)SCCO.[NaH]. The molecule has 0 unspecified atom stereocenters. The standard InChI is InChI=1S/C3H7NOS2.Na.H/c4-3(6)7-2-1-5;;/h5H,1-2H2,(H2,4,6);;. The number of rotatable bonds is 2. The van der Waals surface area contributed by atoms with E-state index in [0.717, 1.165) is 0 Å². The van der Waals surface area contributed by atoms with Crippen molar-refractivity contribution < 1.29 is 5.11 Å². The summed E-state index contributed by atoms with van der Waals surface area (Å²) >= 11 is 5.78. The van der Waals surface area contributed by atoms with E-state index in [1.54, 1.807) is 0 Å². The molecule has 0 spiro atoms. The van der Waals surface area contributed by atoms with Gasteiger partial charge in [-0.05, 0) is 0 Å². The minimum atomic E-state index is 0. The Labute approximate surface area is 80.5 Å². The molecule has 0 fully saturated rings. The second kappa shape index (κ2) is 8.20. The number of aliphatic hydroxyl groups excluding tert-OH is 1. The van der Waals surface area contributed by atoms with Gasteiger partial charge in [-0.1, -0.05) is 24.0 Å². The Hall–Kier alpha value is 1.20. The van der Waals surface area contributed by atoms with Gasteiger partial charge in [0, 0.05) is 5.75 Å². The molecule has 0 rings (SSSR count). The molecule has 0 saturated heterocycles. The topological polar surface area (TPSA) is 46.2 Å². The first kappa shape index (κ1) is 11.9. The predicted molar refractivity (Wildman–Crippen MR) is 43.5 cm³/mol. The van der Waals surface area contributed by atoms with E-state index in [-0.39, 0.29) is 36.2 Å². The molecule has 0 heterocycles. The van der Waals surface area contributed by atoms with E-state index in [0.29, 0.717) is 10.1 Å². The Morgan fingerprint density at radius 2 is 2.25 bits per heavy atom. The van der Waals surface area contributed by atoms with Crippen LogP contribution in [0.1, 0.15) is 0 Å². The predicted octanol–water partition coefficient (Wildman–Crippen LogP) is -0.693. The van der Waals surface area contributed by atoms with Crippen molar-refractivity contribution in [1.29, 1.82) is 0 Å². The summed E-state index contributed by atoms with van der Waals surface area (Å²) in [5.41, 5.74) is 5.06. The summed E-state index contributed by atoms with van der Waals surface area (Å²) in [6.45, 7) is 0.141. The number of thioether (sulfide) groups is 1. The van der Waals surface area contributed by atoms with Gasteiger partial charge in [0.2, 0.25) is 0 Å². The second-order valence-corrected chi connectivity index (χ2v) is 2.73. The number of hydrogen-bond donors (Lipinski definition) is 2. The van der Waals surface area contributed by atoms with Gasteiger partial charge in [0.05, 0.1) is 6.61 Å². The van der Waals surface area contributed by atoms with Crippen molar-refractivity contribution >= 4 is 57.9 Å². The average Bonchev–Trinajstić information content (AvgIpc) is 1.61. The molecule has 3 N–H and O–H groups in total. The summed E-state index contributed by atoms with van der Waals surface area (Å²) in [5.74, 6) is 0.606. The fourth-order valence-corrected chi connectivity index (χ4v) is 0.689. The molecule has 0 bridgehead atoms. The number of nitrogens with two attached hydrogens (primary N) is 1. The summed E-state index contributed by atoms with van der Waals surface area (Å²) < 4.78 is 0.397. The van der Waals surface area contributed by atoms with Crippen molar-refractivity contribution in [1.82, 2.24) is 0 Å².